The third-order valence-corrected chi connectivity index (χ3v) is 7.54. The van der Waals surface area contributed by atoms with Crippen molar-refractivity contribution in [2.45, 2.75) is 49.2 Å². The molecular weight excluding hydrogens is 290 g/mol. The van der Waals surface area contributed by atoms with Crippen molar-refractivity contribution >= 4 is 33.0 Å². The molecule has 1 fully saturated rings. The molecule has 1 saturated heterocycles. The van der Waals surface area contributed by atoms with E-state index in [4.69, 9.17) is 11.6 Å². The van der Waals surface area contributed by atoms with Gasteiger partial charge in [-0.2, -0.15) is 4.31 Å². The Morgan fingerprint density at radius 3 is 2.83 bits per heavy atom. The van der Waals surface area contributed by atoms with E-state index in [1.165, 1.54) is 11.3 Å². The number of aryl methyl sites for hydroxylation is 1. The minimum absolute atomic E-state index is 0.164. The van der Waals surface area contributed by atoms with E-state index in [-0.39, 0.29) is 6.04 Å². The molecule has 0 spiro atoms. The lowest BCUT2D eigenvalue weighted by atomic mass is 10.2. The van der Waals surface area contributed by atoms with Crippen LogP contribution in [0.1, 0.15) is 36.6 Å². The van der Waals surface area contributed by atoms with Gasteiger partial charge in [-0.1, -0.05) is 6.92 Å². The Hall–Kier alpha value is -0.100. The predicted molar refractivity (Wildman–Crippen MR) is 75.8 cm³/mol. The Morgan fingerprint density at radius 2 is 2.28 bits per heavy atom. The van der Waals surface area contributed by atoms with Crippen molar-refractivity contribution in [1.82, 2.24) is 4.31 Å². The number of alkyl halides is 1. The molecule has 0 aromatic carbocycles. The van der Waals surface area contributed by atoms with Crippen molar-refractivity contribution in [1.29, 1.82) is 0 Å². The second kappa shape index (κ2) is 5.49. The number of thiophene rings is 1. The molecule has 0 radical (unpaired) electrons. The van der Waals surface area contributed by atoms with Gasteiger partial charge in [-0.3, -0.25) is 0 Å². The van der Waals surface area contributed by atoms with E-state index < -0.39 is 10.0 Å². The summed E-state index contributed by atoms with van der Waals surface area (Å²) in [5.74, 6) is 0.378. The number of hydrogen-bond acceptors (Lipinski definition) is 3. The third kappa shape index (κ3) is 2.46. The number of sulfonamides is 1. The quantitative estimate of drug-likeness (QED) is 0.800. The van der Waals surface area contributed by atoms with Crippen molar-refractivity contribution in [3.05, 3.63) is 16.5 Å². The molecule has 0 amide bonds. The summed E-state index contributed by atoms with van der Waals surface area (Å²) in [6, 6.07) is 1.92. The molecule has 0 N–H and O–H groups in total. The number of halogens is 1. The second-order valence-electron chi connectivity index (χ2n) is 4.63. The maximum Gasteiger partial charge on any atom is 0.252 e. The summed E-state index contributed by atoms with van der Waals surface area (Å²) >= 11 is 7.12. The molecule has 1 aliphatic rings. The van der Waals surface area contributed by atoms with Gasteiger partial charge in [-0.15, -0.1) is 22.9 Å². The lowest BCUT2D eigenvalue weighted by Crippen LogP contribution is -2.34. The summed E-state index contributed by atoms with van der Waals surface area (Å²) < 4.78 is 27.3. The number of nitrogens with zero attached hydrogens (tertiary/aromatic N) is 1. The lowest BCUT2D eigenvalue weighted by Gasteiger charge is -2.21. The molecular formula is C12H18ClNO2S2. The Balaban J connectivity index is 2.35. The molecule has 0 bridgehead atoms. The second-order valence-corrected chi connectivity index (χ2v) is 8.15. The van der Waals surface area contributed by atoms with Crippen molar-refractivity contribution in [3.8, 4) is 0 Å². The van der Waals surface area contributed by atoms with Gasteiger partial charge in [0.25, 0.3) is 10.0 Å². The van der Waals surface area contributed by atoms with Crippen LogP contribution in [0.3, 0.4) is 0 Å². The molecule has 1 atom stereocenters. The van der Waals surface area contributed by atoms with Crippen molar-refractivity contribution in [2.24, 2.45) is 0 Å². The van der Waals surface area contributed by atoms with E-state index in [0.717, 1.165) is 29.7 Å². The molecule has 1 aliphatic heterocycles. The maximum atomic E-state index is 12.6. The van der Waals surface area contributed by atoms with Gasteiger partial charge < -0.3 is 0 Å². The molecule has 0 aliphatic carbocycles. The highest BCUT2D eigenvalue weighted by atomic mass is 35.5. The van der Waals surface area contributed by atoms with E-state index in [0.29, 0.717) is 16.6 Å². The van der Waals surface area contributed by atoms with Crippen LogP contribution in [0.25, 0.3) is 0 Å². The first kappa shape index (κ1) is 14.3. The highest BCUT2D eigenvalue weighted by molar-refractivity contribution is 7.91. The molecule has 6 heteroatoms. The minimum atomic E-state index is -3.32. The topological polar surface area (TPSA) is 37.4 Å². The monoisotopic (exact) mass is 307 g/mol. The van der Waals surface area contributed by atoms with E-state index >= 15 is 0 Å². The van der Waals surface area contributed by atoms with E-state index in [9.17, 15) is 8.42 Å². The van der Waals surface area contributed by atoms with E-state index in [2.05, 4.69) is 0 Å². The Bertz CT molecular complexity index is 524. The SMILES string of the molecule is CCC1CCCN1S(=O)(=O)c1cc(C)c(CCl)s1. The van der Waals surface area contributed by atoms with Gasteiger partial charge in [0.1, 0.15) is 4.21 Å². The smallest absolute Gasteiger partial charge is 0.206 e. The molecule has 1 aromatic rings. The first-order chi connectivity index (χ1) is 8.50. The van der Waals surface area contributed by atoms with Crippen LogP contribution in [0, 0.1) is 6.92 Å². The summed E-state index contributed by atoms with van der Waals surface area (Å²) in [6.07, 6.45) is 2.82. The number of hydrogen-bond donors (Lipinski definition) is 0. The van der Waals surface area contributed by atoms with Gasteiger partial charge in [0, 0.05) is 17.5 Å². The first-order valence-electron chi connectivity index (χ1n) is 6.17. The molecule has 0 saturated carbocycles. The summed E-state index contributed by atoms with van der Waals surface area (Å²) in [6.45, 7) is 4.60. The van der Waals surface area contributed by atoms with Crippen LogP contribution < -0.4 is 0 Å². The molecule has 2 heterocycles. The fourth-order valence-corrected chi connectivity index (χ4v) is 6.11. The van der Waals surface area contributed by atoms with Crippen LogP contribution >= 0.6 is 22.9 Å². The van der Waals surface area contributed by atoms with Gasteiger partial charge >= 0.3 is 0 Å². The highest BCUT2D eigenvalue weighted by Crippen LogP contribution is 2.33. The lowest BCUT2D eigenvalue weighted by molar-refractivity contribution is 0.380. The summed E-state index contributed by atoms with van der Waals surface area (Å²) in [4.78, 5) is 0.947. The summed E-state index contributed by atoms with van der Waals surface area (Å²) in [5, 5.41) is 0. The van der Waals surface area contributed by atoms with Crippen LogP contribution in [0.2, 0.25) is 0 Å². The zero-order valence-electron chi connectivity index (χ0n) is 10.6. The minimum Gasteiger partial charge on any atom is -0.206 e. The highest BCUT2D eigenvalue weighted by Gasteiger charge is 2.35. The molecule has 102 valence electrons. The van der Waals surface area contributed by atoms with Gasteiger partial charge in [-0.25, -0.2) is 8.42 Å². The zero-order valence-corrected chi connectivity index (χ0v) is 13.0. The molecule has 2 rings (SSSR count). The fraction of sp³-hybridized carbons (Fsp3) is 0.667. The normalized spacial score (nSPS) is 21.6. The van der Waals surface area contributed by atoms with Gasteiger partial charge in [0.15, 0.2) is 0 Å². The van der Waals surface area contributed by atoms with Gasteiger partial charge in [0.05, 0.1) is 5.88 Å². The first-order valence-corrected chi connectivity index (χ1v) is 8.97. The zero-order chi connectivity index (χ0) is 13.3. The van der Waals surface area contributed by atoms with Crippen molar-refractivity contribution in [2.75, 3.05) is 6.54 Å². The summed E-state index contributed by atoms with van der Waals surface area (Å²) in [7, 11) is -3.32. The van der Waals surface area contributed by atoms with Crippen LogP contribution in [0.5, 0.6) is 0 Å². The largest absolute Gasteiger partial charge is 0.252 e. The fourth-order valence-electron chi connectivity index (χ4n) is 2.40. The Morgan fingerprint density at radius 1 is 1.56 bits per heavy atom. The van der Waals surface area contributed by atoms with E-state index in [1.54, 1.807) is 10.4 Å². The standard InChI is InChI=1S/C12H18ClNO2S2/c1-3-10-5-4-6-14(10)18(15,16)12-7-9(2)11(8-13)17-12/h7,10H,3-6,8H2,1-2H3. The molecule has 1 aromatic heterocycles. The Labute approximate surface area is 118 Å². The van der Waals surface area contributed by atoms with Crippen LogP contribution in [0.15, 0.2) is 10.3 Å². The van der Waals surface area contributed by atoms with Crippen LogP contribution in [-0.4, -0.2) is 25.3 Å². The third-order valence-electron chi connectivity index (χ3n) is 3.48. The average Bonchev–Trinajstić information content (AvgIpc) is 2.94. The Kier molecular flexibility index (Phi) is 4.36. The van der Waals surface area contributed by atoms with Crippen LogP contribution in [0.4, 0.5) is 0 Å². The molecule has 3 nitrogen and oxygen atoms in total. The van der Waals surface area contributed by atoms with E-state index in [1.807, 2.05) is 13.8 Å². The average molecular weight is 308 g/mol. The van der Waals surface area contributed by atoms with Crippen molar-refractivity contribution < 1.29 is 8.42 Å². The van der Waals surface area contributed by atoms with Gasteiger partial charge in [-0.05, 0) is 37.8 Å². The molecule has 18 heavy (non-hydrogen) atoms. The predicted octanol–water partition coefficient (Wildman–Crippen LogP) is 3.36. The van der Waals surface area contributed by atoms with Crippen LogP contribution in [-0.2, 0) is 15.9 Å². The summed E-state index contributed by atoms with van der Waals surface area (Å²) in [5.41, 5.74) is 0.973. The molecule has 1 unspecified atom stereocenters. The van der Waals surface area contributed by atoms with Crippen molar-refractivity contribution in [3.63, 3.8) is 0 Å². The maximum absolute atomic E-state index is 12.6. The van der Waals surface area contributed by atoms with Gasteiger partial charge in [0.2, 0.25) is 0 Å². The number of rotatable bonds is 4.